The molecule has 1 amide bonds. The summed E-state index contributed by atoms with van der Waals surface area (Å²) in [5.41, 5.74) is 0.522. The molecule has 0 fully saturated rings. The molecule has 184 valence electrons. The fourth-order valence-electron chi connectivity index (χ4n) is 4.21. The number of carbonyl (C=O) groups excluding carboxylic acids is 1. The van der Waals surface area contributed by atoms with Gasteiger partial charge in [0, 0.05) is 35.8 Å². The number of benzene rings is 2. The number of hydrogen-bond acceptors (Lipinski definition) is 4. The van der Waals surface area contributed by atoms with Crippen LogP contribution in [0, 0.1) is 5.82 Å². The number of nitrogens with one attached hydrogen (secondary N) is 1. The average molecular weight is 497 g/mol. The maximum absolute atomic E-state index is 14.4. The summed E-state index contributed by atoms with van der Waals surface area (Å²) in [6.45, 7) is -0.353. The van der Waals surface area contributed by atoms with Crippen LogP contribution in [0.1, 0.15) is 27.7 Å². The predicted octanol–water partition coefficient (Wildman–Crippen LogP) is 4.53. The SMILES string of the molecule is Cn1cc2c3cc(C(=O)N[C@@H](CO)c4ccccn4)ccc3n(-c3ccc(C(F)(F)F)c(F)c3)c2n1. The molecular weight excluding hydrogens is 478 g/mol. The van der Waals surface area contributed by atoms with Crippen molar-refractivity contribution in [2.24, 2.45) is 7.05 Å². The van der Waals surface area contributed by atoms with Crippen molar-refractivity contribution in [2.45, 2.75) is 12.2 Å². The molecule has 7 nitrogen and oxygen atoms in total. The van der Waals surface area contributed by atoms with Gasteiger partial charge in [-0.25, -0.2) is 4.39 Å². The number of aliphatic hydroxyl groups excluding tert-OH is 1. The average Bonchev–Trinajstić information content (AvgIpc) is 3.36. The molecule has 0 saturated carbocycles. The normalized spacial score (nSPS) is 12.8. The predicted molar refractivity (Wildman–Crippen MR) is 124 cm³/mol. The zero-order valence-corrected chi connectivity index (χ0v) is 18.8. The molecule has 2 aromatic carbocycles. The number of halogens is 4. The smallest absolute Gasteiger partial charge is 0.394 e. The second kappa shape index (κ2) is 8.76. The number of alkyl halides is 3. The fraction of sp³-hybridized carbons (Fsp3) is 0.160. The molecule has 2 N–H and O–H groups in total. The molecule has 0 radical (unpaired) electrons. The fourth-order valence-corrected chi connectivity index (χ4v) is 4.21. The van der Waals surface area contributed by atoms with Crippen LogP contribution in [0.25, 0.3) is 27.6 Å². The lowest BCUT2D eigenvalue weighted by Gasteiger charge is -2.16. The molecule has 0 unspecified atom stereocenters. The number of aliphatic hydroxyl groups is 1. The van der Waals surface area contributed by atoms with Gasteiger partial charge in [-0.2, -0.15) is 18.3 Å². The number of nitrogens with zero attached hydrogens (tertiary/aromatic N) is 4. The highest BCUT2D eigenvalue weighted by Crippen LogP contribution is 2.35. The van der Waals surface area contributed by atoms with Crippen molar-refractivity contribution in [3.63, 3.8) is 0 Å². The molecule has 5 aromatic rings. The summed E-state index contributed by atoms with van der Waals surface area (Å²) in [7, 11) is 1.68. The highest BCUT2D eigenvalue weighted by molar-refractivity contribution is 6.10. The van der Waals surface area contributed by atoms with E-state index < -0.39 is 29.5 Å². The van der Waals surface area contributed by atoms with Crippen LogP contribution in [0.3, 0.4) is 0 Å². The van der Waals surface area contributed by atoms with E-state index in [0.717, 1.165) is 6.07 Å². The maximum Gasteiger partial charge on any atom is 0.419 e. The van der Waals surface area contributed by atoms with Gasteiger partial charge in [0.25, 0.3) is 5.91 Å². The summed E-state index contributed by atoms with van der Waals surface area (Å²) in [6, 6.07) is 11.9. The summed E-state index contributed by atoms with van der Waals surface area (Å²) in [6.07, 6.45) is -1.55. The third-order valence-corrected chi connectivity index (χ3v) is 5.86. The Labute approximate surface area is 201 Å². The molecule has 0 spiro atoms. The highest BCUT2D eigenvalue weighted by Gasteiger charge is 2.34. The molecule has 3 heterocycles. The standard InChI is InChI=1S/C25H19F4N5O2/c1-33-12-17-16-10-14(24(36)31-21(13-35)20-4-2-3-9-30-20)5-8-22(16)34(23(17)32-33)15-6-7-18(19(26)11-15)25(27,28)29/h2-12,21,35H,13H2,1H3,(H,31,36)/t21-/m0/s1. The Hall–Kier alpha value is -4.25. The Bertz CT molecular complexity index is 1590. The van der Waals surface area contributed by atoms with Crippen molar-refractivity contribution in [1.82, 2.24) is 24.6 Å². The van der Waals surface area contributed by atoms with Crippen LogP contribution in [-0.4, -0.2) is 37.0 Å². The van der Waals surface area contributed by atoms with Crippen LogP contribution < -0.4 is 5.32 Å². The second-order valence-electron chi connectivity index (χ2n) is 8.23. The van der Waals surface area contributed by atoms with Crippen LogP contribution in [0.2, 0.25) is 0 Å². The van der Waals surface area contributed by atoms with E-state index in [1.54, 1.807) is 60.4 Å². The van der Waals surface area contributed by atoms with Gasteiger partial charge in [-0.15, -0.1) is 0 Å². The number of fused-ring (bicyclic) bond motifs is 3. The van der Waals surface area contributed by atoms with Crippen molar-refractivity contribution in [2.75, 3.05) is 6.61 Å². The molecule has 0 saturated heterocycles. The van der Waals surface area contributed by atoms with E-state index in [1.807, 2.05) is 0 Å². The highest BCUT2D eigenvalue weighted by atomic mass is 19.4. The minimum Gasteiger partial charge on any atom is -0.394 e. The van der Waals surface area contributed by atoms with Crippen molar-refractivity contribution in [3.8, 4) is 5.69 Å². The summed E-state index contributed by atoms with van der Waals surface area (Å²) in [5, 5.41) is 18.1. The number of carbonyl (C=O) groups is 1. The van der Waals surface area contributed by atoms with E-state index in [0.29, 0.717) is 39.3 Å². The summed E-state index contributed by atoms with van der Waals surface area (Å²) in [5.74, 6) is -1.85. The zero-order valence-electron chi connectivity index (χ0n) is 18.8. The number of pyridine rings is 1. The minimum atomic E-state index is -4.81. The Morgan fingerprint density at radius 3 is 2.58 bits per heavy atom. The lowest BCUT2D eigenvalue weighted by molar-refractivity contribution is -0.140. The molecule has 5 rings (SSSR count). The number of rotatable bonds is 5. The van der Waals surface area contributed by atoms with Gasteiger partial charge in [0.1, 0.15) is 5.82 Å². The van der Waals surface area contributed by atoms with Crippen molar-refractivity contribution in [1.29, 1.82) is 0 Å². The first kappa shape index (κ1) is 23.5. The summed E-state index contributed by atoms with van der Waals surface area (Å²) < 4.78 is 56.6. The van der Waals surface area contributed by atoms with E-state index in [9.17, 15) is 27.5 Å². The van der Waals surface area contributed by atoms with Crippen LogP contribution in [0.15, 0.2) is 67.0 Å². The monoisotopic (exact) mass is 497 g/mol. The largest absolute Gasteiger partial charge is 0.419 e. The molecule has 11 heteroatoms. The maximum atomic E-state index is 14.4. The molecule has 36 heavy (non-hydrogen) atoms. The van der Waals surface area contributed by atoms with Crippen LogP contribution in [0.5, 0.6) is 0 Å². The van der Waals surface area contributed by atoms with Crippen LogP contribution in [0.4, 0.5) is 17.6 Å². The zero-order chi connectivity index (χ0) is 25.6. The van der Waals surface area contributed by atoms with E-state index in [4.69, 9.17) is 0 Å². The first-order valence-electron chi connectivity index (χ1n) is 10.8. The van der Waals surface area contributed by atoms with Crippen LogP contribution in [-0.2, 0) is 13.2 Å². The van der Waals surface area contributed by atoms with E-state index >= 15 is 0 Å². The van der Waals surface area contributed by atoms with E-state index in [-0.39, 0.29) is 12.3 Å². The topological polar surface area (TPSA) is 85.0 Å². The van der Waals surface area contributed by atoms with Gasteiger partial charge in [0.05, 0.1) is 35.1 Å². The van der Waals surface area contributed by atoms with E-state index in [2.05, 4.69) is 15.4 Å². The Kier molecular flexibility index (Phi) is 5.71. The molecule has 1 atom stereocenters. The van der Waals surface area contributed by atoms with Gasteiger partial charge >= 0.3 is 6.18 Å². The van der Waals surface area contributed by atoms with Gasteiger partial charge in [-0.3, -0.25) is 19.0 Å². The lowest BCUT2D eigenvalue weighted by atomic mass is 10.1. The number of aryl methyl sites for hydroxylation is 1. The van der Waals surface area contributed by atoms with Gasteiger partial charge in [0.2, 0.25) is 0 Å². The Morgan fingerprint density at radius 2 is 1.92 bits per heavy atom. The lowest BCUT2D eigenvalue weighted by Crippen LogP contribution is -2.31. The van der Waals surface area contributed by atoms with Crippen molar-refractivity contribution < 1.29 is 27.5 Å². The second-order valence-corrected chi connectivity index (χ2v) is 8.23. The molecule has 0 aliphatic heterocycles. The van der Waals surface area contributed by atoms with Gasteiger partial charge in [-0.1, -0.05) is 6.07 Å². The summed E-state index contributed by atoms with van der Waals surface area (Å²) in [4.78, 5) is 17.2. The molecular formula is C25H19F4N5O2. The first-order valence-corrected chi connectivity index (χ1v) is 10.8. The Morgan fingerprint density at radius 1 is 1.11 bits per heavy atom. The van der Waals surface area contributed by atoms with Crippen molar-refractivity contribution in [3.05, 3.63) is 89.6 Å². The minimum absolute atomic E-state index is 0.159. The first-order chi connectivity index (χ1) is 17.2. The molecule has 3 aromatic heterocycles. The van der Waals surface area contributed by atoms with E-state index in [1.165, 1.54) is 10.7 Å². The Balaban J connectivity index is 1.58. The quantitative estimate of drug-likeness (QED) is 0.350. The summed E-state index contributed by atoms with van der Waals surface area (Å²) >= 11 is 0. The third-order valence-electron chi connectivity index (χ3n) is 5.86. The van der Waals surface area contributed by atoms with Crippen LogP contribution >= 0.6 is 0 Å². The third kappa shape index (κ3) is 4.07. The number of hydrogen-bond donors (Lipinski definition) is 2. The molecule has 0 aliphatic rings. The number of aromatic nitrogens is 4. The van der Waals surface area contributed by atoms with Gasteiger partial charge in [-0.05, 0) is 48.5 Å². The van der Waals surface area contributed by atoms with Gasteiger partial charge < -0.3 is 10.4 Å². The molecule has 0 bridgehead atoms. The number of amides is 1. The molecule has 0 aliphatic carbocycles. The van der Waals surface area contributed by atoms with Crippen molar-refractivity contribution >= 4 is 27.8 Å². The van der Waals surface area contributed by atoms with Gasteiger partial charge in [0.15, 0.2) is 5.65 Å².